The highest BCUT2D eigenvalue weighted by molar-refractivity contribution is 7.45. The zero-order valence-electron chi connectivity index (χ0n) is 31.4. The number of carbonyl (C=O) groups excluding carboxylic acids is 4. The predicted octanol–water partition coefficient (Wildman–Crippen LogP) is 4.46. The Morgan fingerprint density at radius 2 is 1.27 bits per heavy atom. The van der Waals surface area contributed by atoms with Crippen molar-refractivity contribution in [3.63, 3.8) is 0 Å². The van der Waals surface area contributed by atoms with Crippen molar-refractivity contribution in [2.45, 2.75) is 134 Å². The van der Waals surface area contributed by atoms with Crippen LogP contribution >= 0.6 is 7.82 Å². The van der Waals surface area contributed by atoms with Gasteiger partial charge in [0.15, 0.2) is 18.0 Å². The Labute approximate surface area is 307 Å². The average Bonchev–Trinajstić information content (AvgIpc) is 3.33. The number of rotatable bonds is 31. The minimum atomic E-state index is -4.77. The molecule has 0 aromatic rings. The Morgan fingerprint density at radius 3 is 1.79 bits per heavy atom. The molecule has 1 heterocycles. The van der Waals surface area contributed by atoms with Crippen molar-refractivity contribution in [1.82, 2.24) is 0 Å². The fourth-order valence-electron chi connectivity index (χ4n) is 4.99. The first kappa shape index (κ1) is 47.3. The number of phosphoric ester groups is 1. The van der Waals surface area contributed by atoms with Crippen LogP contribution in [0.5, 0.6) is 0 Å². The molecule has 52 heavy (non-hydrogen) atoms. The Balaban J connectivity index is 2.45. The first-order valence-electron chi connectivity index (χ1n) is 18.5. The van der Waals surface area contributed by atoms with Crippen molar-refractivity contribution in [3.8, 4) is 0 Å². The molecule has 0 bridgehead atoms. The smallest absolute Gasteiger partial charge is 0.377 e. The van der Waals surface area contributed by atoms with E-state index in [0.29, 0.717) is 17.4 Å². The molecular weight excluding hydrogens is 705 g/mol. The highest BCUT2D eigenvalue weighted by Gasteiger charge is 2.39. The fraction of sp³-hybridized carbons (Fsp3) is 0.829. The Hall–Kier alpha value is -2.75. The molecule has 1 aliphatic heterocycles. The van der Waals surface area contributed by atoms with Gasteiger partial charge >= 0.3 is 23.9 Å². The van der Waals surface area contributed by atoms with Gasteiger partial charge in [-0.3, -0.25) is 18.9 Å². The van der Waals surface area contributed by atoms with Crippen LogP contribution in [0.2, 0.25) is 0 Å². The lowest BCUT2D eigenvalue weighted by molar-refractivity contribution is -0.870. The van der Waals surface area contributed by atoms with E-state index in [2.05, 4.69) is 11.7 Å². The summed E-state index contributed by atoms with van der Waals surface area (Å²) in [7, 11) is 0.799. The number of aliphatic hydroxyl groups is 3. The van der Waals surface area contributed by atoms with Gasteiger partial charge in [-0.1, -0.05) is 84.0 Å². The van der Waals surface area contributed by atoms with Crippen LogP contribution in [-0.2, 0) is 51.7 Å². The van der Waals surface area contributed by atoms with Crippen molar-refractivity contribution in [2.75, 3.05) is 54.1 Å². The van der Waals surface area contributed by atoms with Crippen molar-refractivity contribution in [1.29, 1.82) is 0 Å². The van der Waals surface area contributed by atoms with Crippen molar-refractivity contribution in [3.05, 3.63) is 11.5 Å². The molecule has 2 unspecified atom stereocenters. The van der Waals surface area contributed by atoms with E-state index in [1.807, 2.05) is 21.1 Å². The molecule has 0 aromatic carbocycles. The third-order valence-electron chi connectivity index (χ3n) is 8.11. The molecule has 0 aromatic heterocycles. The lowest BCUT2D eigenvalue weighted by Gasteiger charge is -2.28. The predicted molar refractivity (Wildman–Crippen MR) is 187 cm³/mol. The van der Waals surface area contributed by atoms with Gasteiger partial charge in [0.2, 0.25) is 5.76 Å². The normalized spacial score (nSPS) is 17.0. The number of hydrogen-bond donors (Lipinski definition) is 3. The first-order chi connectivity index (χ1) is 24.5. The molecule has 1 rings (SSSR count). The summed E-state index contributed by atoms with van der Waals surface area (Å²) in [6, 6.07) is 0. The summed E-state index contributed by atoms with van der Waals surface area (Å²) in [6.07, 6.45) is 10.1. The molecule has 0 saturated carbocycles. The molecule has 17 heteroatoms. The Morgan fingerprint density at radius 1 is 0.769 bits per heavy atom. The molecule has 0 aliphatic carbocycles. The Bertz CT molecular complexity index is 1160. The standard InChI is InChI=1S/C35H62NO15P/c1-5-6-7-8-9-10-11-12-13-14-15-16-17-19-29(38)46-24-27(25-49-52(44,45)48-23-22-36(2,3)4)50-31(40)21-18-20-30(39)47-26-28(37)34-32(41)33(42)35(43)51-34/h27-28,34,37H,5-26H2,1-4H3,(H2-,41,42,43,44,45)/t27?,28-,34+/m0/s1. The van der Waals surface area contributed by atoms with Gasteiger partial charge in [0.05, 0.1) is 27.7 Å². The number of likely N-dealkylation sites (N-methyl/N-ethyl adjacent to an activating group) is 1. The molecule has 3 N–H and O–H groups in total. The maximum atomic E-state index is 12.5. The number of carbonyl (C=O) groups is 4. The molecular formula is C35H62NO15P. The average molecular weight is 768 g/mol. The summed E-state index contributed by atoms with van der Waals surface area (Å²) in [5, 5.41) is 28.9. The van der Waals surface area contributed by atoms with E-state index in [0.717, 1.165) is 19.3 Å². The number of phosphoric acid groups is 1. The van der Waals surface area contributed by atoms with Gasteiger partial charge < -0.3 is 52.7 Å². The van der Waals surface area contributed by atoms with Gasteiger partial charge in [-0.15, -0.1) is 0 Å². The van der Waals surface area contributed by atoms with Crippen LogP contribution in [0.1, 0.15) is 116 Å². The summed E-state index contributed by atoms with van der Waals surface area (Å²) in [4.78, 5) is 60.6. The molecule has 0 amide bonds. The fourth-order valence-corrected chi connectivity index (χ4v) is 5.71. The molecule has 1 aliphatic rings. The summed E-state index contributed by atoms with van der Waals surface area (Å²) in [5.74, 6) is -5.35. The van der Waals surface area contributed by atoms with E-state index >= 15 is 0 Å². The minimum Gasteiger partial charge on any atom is -0.756 e. The van der Waals surface area contributed by atoms with E-state index in [1.54, 1.807) is 0 Å². The van der Waals surface area contributed by atoms with E-state index in [9.17, 15) is 44.0 Å². The molecule has 0 spiro atoms. The first-order valence-corrected chi connectivity index (χ1v) is 19.9. The van der Waals surface area contributed by atoms with Gasteiger partial charge in [0.25, 0.3) is 7.82 Å². The number of cyclic esters (lactones) is 1. The molecule has 0 saturated heterocycles. The SMILES string of the molecule is CCCCCCCCCCCCCCCC(=O)OCC(COP(=O)([O-])OCC[N+](C)(C)C)OC(=O)CCCC(=O)OC[C@H](O)[C@H]1OC(=O)C(O)=C1O. The maximum absolute atomic E-state index is 12.5. The number of hydrogen-bond acceptors (Lipinski definition) is 15. The van der Waals surface area contributed by atoms with E-state index in [1.165, 1.54) is 57.8 Å². The second kappa shape index (κ2) is 26.1. The molecule has 4 atom stereocenters. The zero-order chi connectivity index (χ0) is 39.0. The van der Waals surface area contributed by atoms with Crippen LogP contribution in [0.3, 0.4) is 0 Å². The summed E-state index contributed by atoms with van der Waals surface area (Å²) >= 11 is 0. The van der Waals surface area contributed by atoms with Gasteiger partial charge in [-0.25, -0.2) is 4.79 Å². The molecule has 0 radical (unpaired) electrons. The topological polar surface area (TPSA) is 224 Å². The van der Waals surface area contributed by atoms with Gasteiger partial charge in [-0.2, -0.15) is 0 Å². The number of esters is 4. The summed E-state index contributed by atoms with van der Waals surface area (Å²) in [6.45, 7) is 0.672. The second-order valence-corrected chi connectivity index (χ2v) is 15.5. The molecule has 0 fully saturated rings. The summed E-state index contributed by atoms with van der Waals surface area (Å²) in [5.41, 5.74) is 0. The number of unbranched alkanes of at least 4 members (excludes halogenated alkanes) is 12. The maximum Gasteiger partial charge on any atom is 0.377 e. The monoisotopic (exact) mass is 767 g/mol. The second-order valence-electron chi connectivity index (χ2n) is 14.0. The van der Waals surface area contributed by atoms with Crippen molar-refractivity contribution < 1.29 is 76.4 Å². The van der Waals surface area contributed by atoms with Gasteiger partial charge in [0, 0.05) is 19.3 Å². The largest absolute Gasteiger partial charge is 0.756 e. The van der Waals surface area contributed by atoms with Crippen LogP contribution in [0.15, 0.2) is 11.5 Å². The molecule has 16 nitrogen and oxygen atoms in total. The minimum absolute atomic E-state index is 0.0568. The van der Waals surface area contributed by atoms with Crippen molar-refractivity contribution >= 4 is 31.7 Å². The van der Waals surface area contributed by atoms with Crippen LogP contribution in [-0.4, -0.2) is 116 Å². The third kappa shape index (κ3) is 23.0. The molecule has 302 valence electrons. The van der Waals surface area contributed by atoms with Crippen LogP contribution in [0.4, 0.5) is 0 Å². The lowest BCUT2D eigenvalue weighted by atomic mass is 10.0. The van der Waals surface area contributed by atoms with E-state index < -0.39 is 81.4 Å². The highest BCUT2D eigenvalue weighted by atomic mass is 31.2. The van der Waals surface area contributed by atoms with Crippen LogP contribution in [0.25, 0.3) is 0 Å². The third-order valence-corrected chi connectivity index (χ3v) is 9.07. The lowest BCUT2D eigenvalue weighted by Crippen LogP contribution is -2.37. The Kier molecular flexibility index (Phi) is 23.7. The summed E-state index contributed by atoms with van der Waals surface area (Å²) < 4.78 is 42.6. The van der Waals surface area contributed by atoms with E-state index in [-0.39, 0.29) is 32.3 Å². The van der Waals surface area contributed by atoms with Gasteiger partial charge in [-0.05, 0) is 12.8 Å². The van der Waals surface area contributed by atoms with Crippen molar-refractivity contribution in [2.24, 2.45) is 0 Å². The van der Waals surface area contributed by atoms with E-state index in [4.69, 9.17) is 23.3 Å². The van der Waals surface area contributed by atoms with Crippen LogP contribution in [0, 0.1) is 0 Å². The van der Waals surface area contributed by atoms with Crippen LogP contribution < -0.4 is 4.89 Å². The van der Waals surface area contributed by atoms with Gasteiger partial charge in [0.1, 0.15) is 32.5 Å². The number of aliphatic hydroxyl groups excluding tert-OH is 3. The zero-order valence-corrected chi connectivity index (χ0v) is 32.3. The number of nitrogens with zero attached hydrogens (tertiary/aromatic N) is 1. The quantitative estimate of drug-likeness (QED) is 0.0291. The number of ether oxygens (including phenoxy) is 4. The number of quaternary nitrogens is 1. The highest BCUT2D eigenvalue weighted by Crippen LogP contribution is 2.38.